The highest BCUT2D eigenvalue weighted by Crippen LogP contribution is 2.33. The van der Waals surface area contributed by atoms with Gasteiger partial charge in [0, 0.05) is 16.7 Å². The van der Waals surface area contributed by atoms with Crippen LogP contribution in [-0.2, 0) is 0 Å². The molecule has 0 saturated carbocycles. The number of nitrogens with zero attached hydrogens (tertiary/aromatic N) is 1. The summed E-state index contributed by atoms with van der Waals surface area (Å²) in [7, 11) is 0. The minimum Gasteiger partial charge on any atom is -0.494 e. The Balaban J connectivity index is 1.67. The molecule has 1 saturated heterocycles. The van der Waals surface area contributed by atoms with Gasteiger partial charge in [0.25, 0.3) is 0 Å². The minimum absolute atomic E-state index is 0.132. The van der Waals surface area contributed by atoms with Crippen molar-refractivity contribution in [1.29, 1.82) is 0 Å². The molecule has 0 amide bonds. The SMILES string of the molecule is FC(F)(F)C1CCCN(CCCOc2ccc(I)cc2)C1. The Kier molecular flexibility index (Phi) is 6.16. The van der Waals surface area contributed by atoms with Gasteiger partial charge < -0.3 is 9.64 Å². The van der Waals surface area contributed by atoms with E-state index in [4.69, 9.17) is 4.74 Å². The normalized spacial score (nSPS) is 20.5. The van der Waals surface area contributed by atoms with Crippen LogP contribution >= 0.6 is 22.6 Å². The fraction of sp³-hybridized carbons (Fsp3) is 0.600. The quantitative estimate of drug-likeness (QED) is 0.526. The van der Waals surface area contributed by atoms with E-state index in [1.165, 1.54) is 0 Å². The average Bonchev–Trinajstić information content (AvgIpc) is 2.45. The van der Waals surface area contributed by atoms with Crippen LogP contribution in [0.1, 0.15) is 19.3 Å². The van der Waals surface area contributed by atoms with Gasteiger partial charge in [-0.1, -0.05) is 0 Å². The van der Waals surface area contributed by atoms with Gasteiger partial charge in [-0.3, -0.25) is 0 Å². The summed E-state index contributed by atoms with van der Waals surface area (Å²) in [5.74, 6) is -0.356. The molecule has 0 spiro atoms. The maximum Gasteiger partial charge on any atom is 0.393 e. The molecule has 1 aliphatic rings. The largest absolute Gasteiger partial charge is 0.494 e. The minimum atomic E-state index is -4.06. The summed E-state index contributed by atoms with van der Waals surface area (Å²) in [5.41, 5.74) is 0. The molecule has 21 heavy (non-hydrogen) atoms. The van der Waals surface area contributed by atoms with Gasteiger partial charge in [-0.25, -0.2) is 0 Å². The van der Waals surface area contributed by atoms with Crippen molar-refractivity contribution in [1.82, 2.24) is 4.90 Å². The third-order valence-electron chi connectivity index (χ3n) is 3.67. The van der Waals surface area contributed by atoms with Crippen LogP contribution in [0.2, 0.25) is 0 Å². The molecule has 1 heterocycles. The Labute approximate surface area is 136 Å². The molecule has 0 aromatic heterocycles. The summed E-state index contributed by atoms with van der Waals surface area (Å²) >= 11 is 2.22. The van der Waals surface area contributed by atoms with Crippen molar-refractivity contribution >= 4 is 22.6 Å². The number of benzene rings is 1. The molecule has 118 valence electrons. The second kappa shape index (κ2) is 7.67. The highest BCUT2D eigenvalue weighted by atomic mass is 127. The van der Waals surface area contributed by atoms with Gasteiger partial charge in [-0.05, 0) is 72.7 Å². The van der Waals surface area contributed by atoms with Gasteiger partial charge in [-0.15, -0.1) is 0 Å². The number of piperidine rings is 1. The molecule has 1 atom stereocenters. The van der Waals surface area contributed by atoms with E-state index in [0.29, 0.717) is 19.6 Å². The Morgan fingerprint density at radius 1 is 1.24 bits per heavy atom. The average molecular weight is 413 g/mol. The first-order chi connectivity index (χ1) is 9.95. The van der Waals surface area contributed by atoms with Gasteiger partial charge in [0.15, 0.2) is 0 Å². The van der Waals surface area contributed by atoms with Crippen molar-refractivity contribution in [2.75, 3.05) is 26.2 Å². The fourth-order valence-electron chi connectivity index (χ4n) is 2.53. The van der Waals surface area contributed by atoms with Crippen LogP contribution in [0.25, 0.3) is 0 Å². The monoisotopic (exact) mass is 413 g/mol. The van der Waals surface area contributed by atoms with Crippen LogP contribution in [0.3, 0.4) is 0 Å². The van der Waals surface area contributed by atoms with E-state index < -0.39 is 12.1 Å². The Morgan fingerprint density at radius 2 is 1.95 bits per heavy atom. The number of halogens is 4. The molecule has 2 nitrogen and oxygen atoms in total. The highest BCUT2D eigenvalue weighted by molar-refractivity contribution is 14.1. The van der Waals surface area contributed by atoms with Crippen molar-refractivity contribution in [2.24, 2.45) is 5.92 Å². The van der Waals surface area contributed by atoms with Crippen LogP contribution in [0.5, 0.6) is 5.75 Å². The van der Waals surface area contributed by atoms with Crippen molar-refractivity contribution in [3.05, 3.63) is 27.8 Å². The number of hydrogen-bond donors (Lipinski definition) is 0. The summed E-state index contributed by atoms with van der Waals surface area (Å²) in [6, 6.07) is 7.74. The number of alkyl halides is 3. The lowest BCUT2D eigenvalue weighted by atomic mass is 9.97. The Bertz CT molecular complexity index is 436. The van der Waals surface area contributed by atoms with Crippen LogP contribution < -0.4 is 4.74 Å². The smallest absolute Gasteiger partial charge is 0.393 e. The summed E-state index contributed by atoms with van der Waals surface area (Å²) in [5, 5.41) is 0. The third-order valence-corrected chi connectivity index (χ3v) is 4.39. The molecule has 1 aliphatic heterocycles. The van der Waals surface area contributed by atoms with E-state index in [-0.39, 0.29) is 13.0 Å². The predicted octanol–water partition coefficient (Wildman–Crippen LogP) is 4.33. The van der Waals surface area contributed by atoms with Gasteiger partial charge in [-0.2, -0.15) is 13.2 Å². The molecule has 1 aromatic rings. The van der Waals surface area contributed by atoms with Crippen LogP contribution in [0.15, 0.2) is 24.3 Å². The first-order valence-electron chi connectivity index (χ1n) is 7.12. The van der Waals surface area contributed by atoms with E-state index in [2.05, 4.69) is 22.6 Å². The molecule has 2 rings (SSSR count). The number of ether oxygens (including phenoxy) is 1. The van der Waals surface area contributed by atoms with Gasteiger partial charge in [0.2, 0.25) is 0 Å². The molecule has 1 aromatic carbocycles. The molecule has 1 unspecified atom stereocenters. The second-order valence-corrected chi connectivity index (χ2v) is 6.58. The van der Waals surface area contributed by atoms with Gasteiger partial charge >= 0.3 is 6.18 Å². The lowest BCUT2D eigenvalue weighted by Gasteiger charge is -2.33. The first kappa shape index (κ1) is 16.9. The molecule has 0 bridgehead atoms. The van der Waals surface area contributed by atoms with E-state index in [1.54, 1.807) is 0 Å². The summed E-state index contributed by atoms with van der Waals surface area (Å²) < 4.78 is 44.9. The summed E-state index contributed by atoms with van der Waals surface area (Å²) in [4.78, 5) is 1.90. The molecule has 6 heteroatoms. The number of rotatable bonds is 5. The zero-order chi connectivity index (χ0) is 15.3. The molecule has 0 aliphatic carbocycles. The maximum atomic E-state index is 12.7. The first-order valence-corrected chi connectivity index (χ1v) is 8.20. The molecule has 0 radical (unpaired) electrons. The van der Waals surface area contributed by atoms with Crippen molar-refractivity contribution < 1.29 is 17.9 Å². The number of likely N-dealkylation sites (tertiary alicyclic amines) is 1. The van der Waals surface area contributed by atoms with Crippen LogP contribution in [0.4, 0.5) is 13.2 Å². The van der Waals surface area contributed by atoms with Crippen molar-refractivity contribution in [2.45, 2.75) is 25.4 Å². The zero-order valence-corrected chi connectivity index (χ0v) is 13.9. The highest BCUT2D eigenvalue weighted by Gasteiger charge is 2.41. The Morgan fingerprint density at radius 3 is 2.62 bits per heavy atom. The van der Waals surface area contributed by atoms with E-state index in [0.717, 1.165) is 22.3 Å². The third kappa shape index (κ3) is 5.65. The molecule has 1 fully saturated rings. The summed E-state index contributed by atoms with van der Waals surface area (Å²) in [6.07, 6.45) is -2.42. The van der Waals surface area contributed by atoms with Crippen molar-refractivity contribution in [3.8, 4) is 5.75 Å². The van der Waals surface area contributed by atoms with Crippen LogP contribution in [-0.4, -0.2) is 37.3 Å². The zero-order valence-electron chi connectivity index (χ0n) is 11.7. The fourth-order valence-corrected chi connectivity index (χ4v) is 2.89. The molecular formula is C15H19F3INO. The van der Waals surface area contributed by atoms with Crippen molar-refractivity contribution in [3.63, 3.8) is 0 Å². The van der Waals surface area contributed by atoms with Crippen LogP contribution in [0, 0.1) is 9.49 Å². The molecular weight excluding hydrogens is 394 g/mol. The number of hydrogen-bond acceptors (Lipinski definition) is 2. The van der Waals surface area contributed by atoms with Gasteiger partial charge in [0.1, 0.15) is 5.75 Å². The van der Waals surface area contributed by atoms with E-state index >= 15 is 0 Å². The second-order valence-electron chi connectivity index (χ2n) is 5.34. The van der Waals surface area contributed by atoms with E-state index in [1.807, 2.05) is 29.2 Å². The Hall–Kier alpha value is -0.500. The maximum absolute atomic E-state index is 12.7. The van der Waals surface area contributed by atoms with E-state index in [9.17, 15) is 13.2 Å². The standard InChI is InChI=1S/C15H19F3INO/c16-15(17,18)12-3-1-8-20(11-12)9-2-10-21-14-6-4-13(19)5-7-14/h4-7,12H,1-3,8-11H2. The lowest BCUT2D eigenvalue weighted by Crippen LogP contribution is -2.42. The predicted molar refractivity (Wildman–Crippen MR) is 84.5 cm³/mol. The summed E-state index contributed by atoms with van der Waals surface area (Å²) in [6.45, 7) is 2.09. The topological polar surface area (TPSA) is 12.5 Å². The lowest BCUT2D eigenvalue weighted by molar-refractivity contribution is -0.186. The molecule has 0 N–H and O–H groups in total. The van der Waals surface area contributed by atoms with Gasteiger partial charge in [0.05, 0.1) is 12.5 Å².